The molecule has 1 aliphatic carbocycles. The Bertz CT molecular complexity index is 202. The Morgan fingerprint density at radius 3 is 2.75 bits per heavy atom. The lowest BCUT2D eigenvalue weighted by Gasteiger charge is -2.14. The third-order valence-corrected chi connectivity index (χ3v) is 2.85. The van der Waals surface area contributed by atoms with E-state index in [4.69, 9.17) is 9.47 Å². The third kappa shape index (κ3) is 4.94. The highest BCUT2D eigenvalue weighted by molar-refractivity contribution is 5.75. The monoisotopic (exact) mass is 229 g/mol. The Hall–Kier alpha value is -0.610. The van der Waals surface area contributed by atoms with Crippen LogP contribution in [0.15, 0.2) is 0 Å². The molecular weight excluding hydrogens is 206 g/mol. The van der Waals surface area contributed by atoms with Gasteiger partial charge in [0.2, 0.25) is 0 Å². The minimum atomic E-state index is -0.243. The molecule has 16 heavy (non-hydrogen) atoms. The summed E-state index contributed by atoms with van der Waals surface area (Å²) in [6, 6.07) is -0.243. The third-order valence-electron chi connectivity index (χ3n) is 2.85. The maximum Gasteiger partial charge on any atom is 0.322 e. The standard InChI is InChI=1S/C12H23NO3/c1-3-15-12(14)10(2)13-8-9-16-11-6-4-5-7-11/h10-11,13H,3-9H2,1-2H3. The fourth-order valence-electron chi connectivity index (χ4n) is 1.91. The Labute approximate surface area is 97.7 Å². The molecule has 1 atom stereocenters. The second-order valence-electron chi connectivity index (χ2n) is 4.21. The smallest absolute Gasteiger partial charge is 0.322 e. The van der Waals surface area contributed by atoms with Gasteiger partial charge in [0.15, 0.2) is 0 Å². The predicted molar refractivity (Wildman–Crippen MR) is 62.3 cm³/mol. The molecule has 94 valence electrons. The summed E-state index contributed by atoms with van der Waals surface area (Å²) in [6.45, 7) is 5.44. The van der Waals surface area contributed by atoms with E-state index in [1.807, 2.05) is 13.8 Å². The Kier molecular flexibility index (Phi) is 6.42. The molecule has 1 aliphatic rings. The van der Waals surface area contributed by atoms with Crippen LogP contribution < -0.4 is 5.32 Å². The van der Waals surface area contributed by atoms with Crippen LogP contribution in [0.2, 0.25) is 0 Å². The minimum Gasteiger partial charge on any atom is -0.465 e. The van der Waals surface area contributed by atoms with Crippen molar-refractivity contribution in [3.05, 3.63) is 0 Å². The quantitative estimate of drug-likeness (QED) is 0.531. The highest BCUT2D eigenvalue weighted by atomic mass is 16.5. The van der Waals surface area contributed by atoms with E-state index in [1.165, 1.54) is 25.7 Å². The molecule has 1 saturated carbocycles. The summed E-state index contributed by atoms with van der Waals surface area (Å²) in [6.07, 6.45) is 5.40. The molecule has 4 heteroatoms. The number of ether oxygens (including phenoxy) is 2. The van der Waals surface area contributed by atoms with E-state index in [1.54, 1.807) is 0 Å². The maximum atomic E-state index is 11.3. The molecule has 0 aromatic rings. The van der Waals surface area contributed by atoms with Gasteiger partial charge in [0.05, 0.1) is 19.3 Å². The van der Waals surface area contributed by atoms with Gasteiger partial charge in [-0.15, -0.1) is 0 Å². The zero-order chi connectivity index (χ0) is 11.8. The topological polar surface area (TPSA) is 47.6 Å². The predicted octanol–water partition coefficient (Wildman–Crippen LogP) is 1.49. The number of nitrogens with one attached hydrogen (secondary N) is 1. The summed E-state index contributed by atoms with van der Waals surface area (Å²) in [5.74, 6) is -0.191. The van der Waals surface area contributed by atoms with E-state index in [0.29, 0.717) is 25.9 Å². The van der Waals surface area contributed by atoms with Crippen molar-refractivity contribution in [2.45, 2.75) is 51.7 Å². The van der Waals surface area contributed by atoms with Crippen LogP contribution in [-0.2, 0) is 14.3 Å². The van der Waals surface area contributed by atoms with Gasteiger partial charge in [-0.2, -0.15) is 0 Å². The Balaban J connectivity index is 1.99. The first-order chi connectivity index (χ1) is 7.74. The maximum absolute atomic E-state index is 11.3. The Morgan fingerprint density at radius 2 is 2.12 bits per heavy atom. The van der Waals surface area contributed by atoms with Gasteiger partial charge in [0.25, 0.3) is 0 Å². The second-order valence-corrected chi connectivity index (χ2v) is 4.21. The van der Waals surface area contributed by atoms with Crippen molar-refractivity contribution in [2.24, 2.45) is 0 Å². The lowest BCUT2D eigenvalue weighted by molar-refractivity contribution is -0.145. The van der Waals surface area contributed by atoms with Crippen molar-refractivity contribution >= 4 is 5.97 Å². The minimum absolute atomic E-state index is 0.191. The first-order valence-corrected chi connectivity index (χ1v) is 6.25. The summed E-state index contributed by atoms with van der Waals surface area (Å²) < 4.78 is 10.6. The number of rotatable bonds is 7. The van der Waals surface area contributed by atoms with Crippen molar-refractivity contribution in [3.8, 4) is 0 Å². The fraction of sp³-hybridized carbons (Fsp3) is 0.917. The first kappa shape index (κ1) is 13.5. The molecule has 1 rings (SSSR count). The van der Waals surface area contributed by atoms with Crippen molar-refractivity contribution in [1.82, 2.24) is 5.32 Å². The highest BCUT2D eigenvalue weighted by Gasteiger charge is 2.16. The highest BCUT2D eigenvalue weighted by Crippen LogP contribution is 2.20. The molecule has 1 unspecified atom stereocenters. The van der Waals surface area contributed by atoms with Crippen LogP contribution in [0.3, 0.4) is 0 Å². The molecule has 0 bridgehead atoms. The lowest BCUT2D eigenvalue weighted by atomic mass is 10.3. The van der Waals surface area contributed by atoms with Crippen molar-refractivity contribution < 1.29 is 14.3 Å². The largest absolute Gasteiger partial charge is 0.465 e. The molecule has 1 N–H and O–H groups in total. The van der Waals surface area contributed by atoms with Crippen LogP contribution in [0.4, 0.5) is 0 Å². The van der Waals surface area contributed by atoms with Gasteiger partial charge in [-0.3, -0.25) is 4.79 Å². The zero-order valence-electron chi connectivity index (χ0n) is 10.3. The number of hydrogen-bond donors (Lipinski definition) is 1. The summed E-state index contributed by atoms with van der Waals surface area (Å²) in [4.78, 5) is 11.3. The van der Waals surface area contributed by atoms with Crippen molar-refractivity contribution in [1.29, 1.82) is 0 Å². The van der Waals surface area contributed by atoms with Crippen molar-refractivity contribution in [2.75, 3.05) is 19.8 Å². The lowest BCUT2D eigenvalue weighted by Crippen LogP contribution is -2.37. The Morgan fingerprint density at radius 1 is 1.44 bits per heavy atom. The molecule has 0 saturated heterocycles. The van der Waals surface area contributed by atoms with E-state index < -0.39 is 0 Å². The van der Waals surface area contributed by atoms with E-state index >= 15 is 0 Å². The van der Waals surface area contributed by atoms with Gasteiger partial charge in [-0.05, 0) is 26.7 Å². The van der Waals surface area contributed by atoms with Crippen LogP contribution in [-0.4, -0.2) is 37.9 Å². The van der Waals surface area contributed by atoms with Gasteiger partial charge in [-0.25, -0.2) is 0 Å². The second kappa shape index (κ2) is 7.63. The van der Waals surface area contributed by atoms with Gasteiger partial charge < -0.3 is 14.8 Å². The van der Waals surface area contributed by atoms with E-state index in [-0.39, 0.29) is 12.0 Å². The van der Waals surface area contributed by atoms with Gasteiger partial charge in [0.1, 0.15) is 6.04 Å². The molecule has 0 spiro atoms. The molecule has 0 aliphatic heterocycles. The van der Waals surface area contributed by atoms with Crippen LogP contribution in [0, 0.1) is 0 Å². The van der Waals surface area contributed by atoms with Crippen molar-refractivity contribution in [3.63, 3.8) is 0 Å². The van der Waals surface area contributed by atoms with Gasteiger partial charge in [0, 0.05) is 6.54 Å². The molecule has 0 amide bonds. The SMILES string of the molecule is CCOC(=O)C(C)NCCOC1CCCC1. The van der Waals surface area contributed by atoms with E-state index in [2.05, 4.69) is 5.32 Å². The zero-order valence-corrected chi connectivity index (χ0v) is 10.3. The van der Waals surface area contributed by atoms with Crippen LogP contribution in [0.25, 0.3) is 0 Å². The number of esters is 1. The van der Waals surface area contributed by atoms with E-state index in [9.17, 15) is 4.79 Å². The molecular formula is C12H23NO3. The molecule has 1 fully saturated rings. The summed E-state index contributed by atoms with van der Waals surface area (Å²) >= 11 is 0. The molecule has 0 aromatic carbocycles. The molecule has 0 heterocycles. The van der Waals surface area contributed by atoms with Crippen LogP contribution in [0.5, 0.6) is 0 Å². The van der Waals surface area contributed by atoms with Crippen LogP contribution >= 0.6 is 0 Å². The number of carbonyl (C=O) groups is 1. The molecule has 0 radical (unpaired) electrons. The average Bonchev–Trinajstić information content (AvgIpc) is 2.77. The summed E-state index contributed by atoms with van der Waals surface area (Å²) in [7, 11) is 0. The summed E-state index contributed by atoms with van der Waals surface area (Å²) in [5, 5.41) is 3.09. The number of carbonyl (C=O) groups excluding carboxylic acids is 1. The summed E-state index contributed by atoms with van der Waals surface area (Å²) in [5.41, 5.74) is 0. The normalized spacial score (nSPS) is 18.6. The average molecular weight is 229 g/mol. The molecule has 0 aromatic heterocycles. The molecule has 4 nitrogen and oxygen atoms in total. The van der Waals surface area contributed by atoms with Gasteiger partial charge >= 0.3 is 5.97 Å². The number of hydrogen-bond acceptors (Lipinski definition) is 4. The van der Waals surface area contributed by atoms with E-state index in [0.717, 1.165) is 0 Å². The fourth-order valence-corrected chi connectivity index (χ4v) is 1.91. The van der Waals surface area contributed by atoms with Crippen LogP contribution in [0.1, 0.15) is 39.5 Å². The first-order valence-electron chi connectivity index (χ1n) is 6.25. The van der Waals surface area contributed by atoms with Gasteiger partial charge in [-0.1, -0.05) is 12.8 Å².